The van der Waals surface area contributed by atoms with Crippen molar-refractivity contribution < 1.29 is 43.0 Å². The van der Waals surface area contributed by atoms with Gasteiger partial charge in [-0.15, -0.1) is 11.8 Å². The summed E-state index contributed by atoms with van der Waals surface area (Å²) in [4.78, 5) is 86.9. The lowest BCUT2D eigenvalue weighted by atomic mass is 10.2. The predicted molar refractivity (Wildman–Crippen MR) is 147 cm³/mol. The van der Waals surface area contributed by atoms with Crippen molar-refractivity contribution in [2.45, 2.75) is 83.4 Å². The van der Waals surface area contributed by atoms with Gasteiger partial charge in [0.2, 0.25) is 23.6 Å². The van der Waals surface area contributed by atoms with Gasteiger partial charge in [-0.05, 0) is 34.6 Å². The summed E-state index contributed by atoms with van der Waals surface area (Å²) in [5.74, 6) is -2.01. The number of Topliss-reactive ketones (excluding diaryl/α,β-unsaturated/α-hetero) is 1. The molecular weight excluding hydrogens is 544 g/mol. The van der Waals surface area contributed by atoms with Crippen molar-refractivity contribution >= 4 is 53.4 Å². The Hall–Kier alpha value is -2.84. The van der Waals surface area contributed by atoms with E-state index in [1.165, 1.54) is 11.8 Å². The zero-order valence-corrected chi connectivity index (χ0v) is 24.9. The summed E-state index contributed by atoms with van der Waals surface area (Å²) in [6, 6.07) is -0.284. The van der Waals surface area contributed by atoms with Crippen LogP contribution in [0.1, 0.15) is 53.9 Å². The van der Waals surface area contributed by atoms with Crippen molar-refractivity contribution in [1.29, 1.82) is 0 Å². The highest BCUT2D eigenvalue weighted by atomic mass is 32.2. The number of hydrogen-bond donors (Lipinski definition) is 2. The Bertz CT molecular complexity index is 928. The third-order valence-electron chi connectivity index (χ3n) is 5.98. The molecule has 1 saturated heterocycles. The molecule has 3 unspecified atom stereocenters. The quantitative estimate of drug-likeness (QED) is 0.116. The summed E-state index contributed by atoms with van der Waals surface area (Å²) in [6.07, 6.45) is -1.67. The van der Waals surface area contributed by atoms with Gasteiger partial charge in [-0.2, -0.15) is 0 Å². The smallest absolute Gasteiger partial charge is 0.259 e. The lowest BCUT2D eigenvalue weighted by Crippen LogP contribution is -2.40. The van der Waals surface area contributed by atoms with Crippen molar-refractivity contribution in [3.8, 4) is 0 Å². The van der Waals surface area contributed by atoms with Gasteiger partial charge in [0.15, 0.2) is 0 Å². The van der Waals surface area contributed by atoms with Crippen LogP contribution >= 0.6 is 11.8 Å². The monoisotopic (exact) mass is 586 g/mol. The van der Waals surface area contributed by atoms with Gasteiger partial charge in [-0.1, -0.05) is 0 Å². The Morgan fingerprint density at radius 2 is 1.73 bits per heavy atom. The summed E-state index contributed by atoms with van der Waals surface area (Å²) in [6.45, 7) is 8.62. The first-order valence-corrected chi connectivity index (χ1v) is 14.3. The maximum absolute atomic E-state index is 12.7. The van der Waals surface area contributed by atoms with Crippen LogP contribution in [0.2, 0.25) is 0 Å². The van der Waals surface area contributed by atoms with E-state index in [0.717, 1.165) is 16.7 Å². The number of ether oxygens (including phenoxy) is 2. The highest BCUT2D eigenvalue weighted by Gasteiger charge is 2.40. The number of imide groups is 1. The van der Waals surface area contributed by atoms with Crippen LogP contribution in [-0.2, 0) is 43.0 Å². The minimum absolute atomic E-state index is 0.0116. The fourth-order valence-electron chi connectivity index (χ4n) is 3.62. The Morgan fingerprint density at radius 1 is 1.07 bits per heavy atom. The lowest BCUT2D eigenvalue weighted by Gasteiger charge is -2.23. The number of nitrogens with zero attached hydrogens (tertiary/aromatic N) is 2. The molecule has 2 N–H and O–H groups in total. The molecule has 0 aromatic carbocycles. The molecule has 1 heterocycles. The molecule has 226 valence electrons. The summed E-state index contributed by atoms with van der Waals surface area (Å²) >= 11 is 1.02. The Balaban J connectivity index is 2.48. The van der Waals surface area contributed by atoms with E-state index in [4.69, 9.17) is 9.47 Å². The van der Waals surface area contributed by atoms with Crippen molar-refractivity contribution in [2.75, 3.05) is 39.1 Å². The number of ketones is 1. The van der Waals surface area contributed by atoms with Crippen LogP contribution in [0.3, 0.4) is 0 Å². The molecule has 0 spiro atoms. The molecule has 0 aliphatic carbocycles. The Labute approximate surface area is 239 Å². The zero-order chi connectivity index (χ0) is 30.4. The molecule has 1 aliphatic rings. The molecule has 1 aliphatic heterocycles. The number of amides is 5. The molecular formula is C26H42N4O9S. The molecule has 0 aromatic rings. The van der Waals surface area contributed by atoms with Gasteiger partial charge in [0.05, 0.1) is 37.1 Å². The van der Waals surface area contributed by atoms with Gasteiger partial charge >= 0.3 is 0 Å². The maximum Gasteiger partial charge on any atom is 0.259 e. The van der Waals surface area contributed by atoms with Gasteiger partial charge in [-0.3, -0.25) is 33.7 Å². The zero-order valence-electron chi connectivity index (χ0n) is 24.1. The second kappa shape index (κ2) is 17.8. The normalized spacial score (nSPS) is 16.7. The number of carbonyl (C=O) groups is 7. The fourth-order valence-corrected chi connectivity index (χ4v) is 4.56. The van der Waals surface area contributed by atoms with Crippen LogP contribution in [0.4, 0.5) is 0 Å². The summed E-state index contributed by atoms with van der Waals surface area (Å²) in [5.41, 5.74) is 0. The molecule has 3 atom stereocenters. The van der Waals surface area contributed by atoms with E-state index < -0.39 is 35.2 Å². The van der Waals surface area contributed by atoms with Crippen LogP contribution < -0.4 is 10.6 Å². The number of aldehydes is 1. The van der Waals surface area contributed by atoms with Crippen molar-refractivity contribution in [3.63, 3.8) is 0 Å². The van der Waals surface area contributed by atoms with E-state index in [1.54, 1.807) is 20.9 Å². The number of rotatable bonds is 19. The number of nitrogens with one attached hydrogen (secondary N) is 2. The lowest BCUT2D eigenvalue weighted by molar-refractivity contribution is -0.144. The largest absolute Gasteiger partial charge is 0.368 e. The van der Waals surface area contributed by atoms with Crippen molar-refractivity contribution in [1.82, 2.24) is 20.4 Å². The molecule has 0 aromatic heterocycles. The topological polar surface area (TPSA) is 168 Å². The van der Waals surface area contributed by atoms with E-state index in [0.29, 0.717) is 6.29 Å². The van der Waals surface area contributed by atoms with E-state index in [9.17, 15) is 33.6 Å². The maximum atomic E-state index is 12.7. The Kier molecular flexibility index (Phi) is 15.6. The molecule has 0 bridgehead atoms. The van der Waals surface area contributed by atoms with E-state index >= 15 is 0 Å². The van der Waals surface area contributed by atoms with Crippen molar-refractivity contribution in [2.24, 2.45) is 0 Å². The highest BCUT2D eigenvalue weighted by molar-refractivity contribution is 8.01. The van der Waals surface area contributed by atoms with Gasteiger partial charge in [0.25, 0.3) is 5.91 Å². The van der Waals surface area contributed by atoms with Crippen molar-refractivity contribution in [3.05, 3.63) is 0 Å². The van der Waals surface area contributed by atoms with Gasteiger partial charge < -0.3 is 29.8 Å². The van der Waals surface area contributed by atoms with Crippen LogP contribution in [0.5, 0.6) is 0 Å². The van der Waals surface area contributed by atoms with E-state index in [2.05, 4.69) is 10.6 Å². The Morgan fingerprint density at radius 3 is 2.27 bits per heavy atom. The number of thioether (sulfide) groups is 1. The first-order valence-electron chi connectivity index (χ1n) is 13.2. The predicted octanol–water partition coefficient (Wildman–Crippen LogP) is -0.307. The average Bonchev–Trinajstić information content (AvgIpc) is 3.17. The van der Waals surface area contributed by atoms with Crippen LogP contribution in [0.15, 0.2) is 0 Å². The molecule has 1 rings (SSSR count). The number of hydrogen-bond acceptors (Lipinski definition) is 10. The van der Waals surface area contributed by atoms with Crippen LogP contribution in [0, 0.1) is 0 Å². The second-order valence-corrected chi connectivity index (χ2v) is 11.1. The van der Waals surface area contributed by atoms with Crippen LogP contribution in [-0.4, -0.2) is 120 Å². The summed E-state index contributed by atoms with van der Waals surface area (Å²) in [7, 11) is 1.64. The average molecular weight is 587 g/mol. The minimum Gasteiger partial charge on any atom is -0.368 e. The molecule has 0 radical (unpaired) electrons. The fraction of sp³-hybridized carbons (Fsp3) is 0.731. The molecule has 1 fully saturated rings. The highest BCUT2D eigenvalue weighted by Crippen LogP contribution is 2.19. The number of carbonyl (C=O) groups excluding carboxylic acids is 7. The molecule has 14 heteroatoms. The number of likely N-dealkylation sites (tertiary alicyclic amines) is 1. The second-order valence-electron chi connectivity index (χ2n) is 9.95. The molecule has 0 saturated carbocycles. The third-order valence-corrected chi connectivity index (χ3v) is 7.34. The third kappa shape index (κ3) is 12.1. The van der Waals surface area contributed by atoms with Gasteiger partial charge in [0, 0.05) is 38.6 Å². The van der Waals surface area contributed by atoms with E-state index in [1.807, 2.05) is 13.8 Å². The SMILES string of the molecule is CC(=O)CSC(CC(=O)NCCOC(C=O)CC(=O)N(C)C(C)C)C(=O)NCCOC1CC(=O)N(C(C)C)C1=O. The molecule has 13 nitrogen and oxygen atoms in total. The first kappa shape index (κ1) is 35.2. The van der Waals surface area contributed by atoms with E-state index in [-0.39, 0.29) is 81.0 Å². The van der Waals surface area contributed by atoms with Crippen LogP contribution in [0.25, 0.3) is 0 Å². The standard InChI is InChI=1S/C26H42N4O9S/c1-16(2)29(6)23(34)11-19(14-31)38-9-7-27-22(33)13-21(40-15-18(5)32)25(36)28-8-10-39-20-12-24(35)30(17(3)4)26(20)37/h14,16-17,19-21H,7-13,15H2,1-6H3,(H,27,33)(H,28,36). The molecule has 40 heavy (non-hydrogen) atoms. The summed E-state index contributed by atoms with van der Waals surface area (Å²) < 4.78 is 10.9. The van der Waals surface area contributed by atoms with Gasteiger partial charge in [0.1, 0.15) is 24.3 Å². The van der Waals surface area contributed by atoms with Gasteiger partial charge in [-0.25, -0.2) is 0 Å². The molecule has 5 amide bonds. The first-order chi connectivity index (χ1) is 18.8. The minimum atomic E-state index is -0.941. The summed E-state index contributed by atoms with van der Waals surface area (Å²) in [5, 5.41) is 4.38.